The molecule has 2 atom stereocenters. The van der Waals surface area contributed by atoms with Gasteiger partial charge in [-0.25, -0.2) is 0 Å². The molecule has 1 saturated heterocycles. The van der Waals surface area contributed by atoms with Crippen LogP contribution in [0.25, 0.3) is 0 Å². The monoisotopic (exact) mass is 182 g/mol. The Hall–Kier alpha value is -0.940. The first kappa shape index (κ1) is 8.65. The molecule has 1 aromatic rings. The van der Waals surface area contributed by atoms with Gasteiger partial charge in [0.2, 0.25) is 0 Å². The van der Waals surface area contributed by atoms with Crippen LogP contribution in [0.2, 0.25) is 0 Å². The Bertz CT molecular complexity index is 285. The molecule has 1 aliphatic rings. The normalized spacial score (nSPS) is 28.2. The lowest BCUT2D eigenvalue weighted by Gasteiger charge is -2.10. The van der Waals surface area contributed by atoms with Crippen LogP contribution >= 0.6 is 0 Å². The van der Waals surface area contributed by atoms with Crippen molar-refractivity contribution in [3.05, 3.63) is 12.2 Å². The quantitative estimate of drug-likeness (QED) is 0.698. The average Bonchev–Trinajstić information content (AvgIpc) is 2.71. The summed E-state index contributed by atoms with van der Waals surface area (Å²) in [6, 6.07) is 0. The third-order valence-electron chi connectivity index (χ3n) is 2.40. The lowest BCUT2D eigenvalue weighted by atomic mass is 10.2. The molecule has 2 heterocycles. The van der Waals surface area contributed by atoms with Crippen LogP contribution in [0.3, 0.4) is 0 Å². The largest absolute Gasteiger partial charge is 0.366 e. The van der Waals surface area contributed by atoms with E-state index in [2.05, 4.69) is 10.2 Å². The first-order chi connectivity index (χ1) is 6.31. The number of ether oxygens (including phenoxy) is 1. The summed E-state index contributed by atoms with van der Waals surface area (Å²) in [5.41, 5.74) is 5.52. The van der Waals surface area contributed by atoms with Gasteiger partial charge in [0.25, 0.3) is 0 Å². The SMILES string of the molecule is Cn1cnnc1C1CCC(CN)O1. The highest BCUT2D eigenvalue weighted by molar-refractivity contribution is 4.94. The molecule has 1 aromatic heterocycles. The first-order valence-corrected chi connectivity index (χ1v) is 4.50. The van der Waals surface area contributed by atoms with Crippen LogP contribution in [0.1, 0.15) is 24.8 Å². The van der Waals surface area contributed by atoms with E-state index in [1.165, 1.54) is 0 Å². The van der Waals surface area contributed by atoms with E-state index in [-0.39, 0.29) is 12.2 Å². The van der Waals surface area contributed by atoms with Gasteiger partial charge in [0.05, 0.1) is 6.10 Å². The van der Waals surface area contributed by atoms with Crippen molar-refractivity contribution < 1.29 is 4.74 Å². The van der Waals surface area contributed by atoms with Gasteiger partial charge in [-0.15, -0.1) is 10.2 Å². The van der Waals surface area contributed by atoms with Gasteiger partial charge >= 0.3 is 0 Å². The van der Waals surface area contributed by atoms with E-state index in [9.17, 15) is 0 Å². The fourth-order valence-electron chi connectivity index (χ4n) is 1.65. The zero-order valence-corrected chi connectivity index (χ0v) is 7.68. The van der Waals surface area contributed by atoms with Gasteiger partial charge in [0.15, 0.2) is 5.82 Å². The van der Waals surface area contributed by atoms with E-state index >= 15 is 0 Å². The molecule has 0 radical (unpaired) electrons. The molecule has 13 heavy (non-hydrogen) atoms. The second kappa shape index (κ2) is 3.43. The third kappa shape index (κ3) is 1.57. The molecule has 5 heteroatoms. The standard InChI is InChI=1S/C8H14N4O/c1-12-5-10-11-8(12)7-3-2-6(4-9)13-7/h5-7H,2-4,9H2,1H3. The molecule has 72 valence electrons. The summed E-state index contributed by atoms with van der Waals surface area (Å²) in [5, 5.41) is 7.83. The minimum Gasteiger partial charge on any atom is -0.366 e. The molecule has 0 bridgehead atoms. The lowest BCUT2D eigenvalue weighted by Crippen LogP contribution is -2.19. The fourth-order valence-corrected chi connectivity index (χ4v) is 1.65. The first-order valence-electron chi connectivity index (χ1n) is 4.50. The Balaban J connectivity index is 2.08. The molecule has 0 aromatic carbocycles. The smallest absolute Gasteiger partial charge is 0.161 e. The van der Waals surface area contributed by atoms with Crippen LogP contribution in [-0.2, 0) is 11.8 Å². The van der Waals surface area contributed by atoms with Crippen LogP contribution < -0.4 is 5.73 Å². The van der Waals surface area contributed by atoms with E-state index in [1.807, 2.05) is 11.6 Å². The third-order valence-corrected chi connectivity index (χ3v) is 2.40. The molecule has 5 nitrogen and oxygen atoms in total. The second-order valence-corrected chi connectivity index (χ2v) is 3.36. The number of aromatic nitrogens is 3. The number of hydrogen-bond donors (Lipinski definition) is 1. The number of hydrogen-bond acceptors (Lipinski definition) is 4. The van der Waals surface area contributed by atoms with Crippen LogP contribution in [0.5, 0.6) is 0 Å². The van der Waals surface area contributed by atoms with Crippen molar-refractivity contribution in [3.63, 3.8) is 0 Å². The highest BCUT2D eigenvalue weighted by Gasteiger charge is 2.28. The number of aryl methyl sites for hydroxylation is 1. The molecule has 2 N–H and O–H groups in total. The molecule has 0 aliphatic carbocycles. The summed E-state index contributed by atoms with van der Waals surface area (Å²) in [6.45, 7) is 0.592. The molecule has 0 saturated carbocycles. The predicted octanol–water partition coefficient (Wildman–Crippen LogP) is -0.00610. The van der Waals surface area contributed by atoms with Crippen molar-refractivity contribution in [3.8, 4) is 0 Å². The summed E-state index contributed by atoms with van der Waals surface area (Å²) >= 11 is 0. The molecular formula is C8H14N4O. The van der Waals surface area contributed by atoms with E-state index in [1.54, 1.807) is 6.33 Å². The summed E-state index contributed by atoms with van der Waals surface area (Å²) < 4.78 is 7.58. The molecule has 0 spiro atoms. The Kier molecular flexibility index (Phi) is 2.28. The van der Waals surface area contributed by atoms with Crippen LogP contribution in [-0.4, -0.2) is 27.4 Å². The molecular weight excluding hydrogens is 168 g/mol. The maximum atomic E-state index is 5.69. The van der Waals surface area contributed by atoms with Crippen molar-refractivity contribution in [1.29, 1.82) is 0 Å². The van der Waals surface area contributed by atoms with E-state index in [4.69, 9.17) is 10.5 Å². The van der Waals surface area contributed by atoms with Gasteiger partial charge < -0.3 is 15.0 Å². The van der Waals surface area contributed by atoms with Crippen LogP contribution in [0, 0.1) is 0 Å². The Morgan fingerprint density at radius 1 is 1.69 bits per heavy atom. The Morgan fingerprint density at radius 2 is 2.54 bits per heavy atom. The maximum absolute atomic E-state index is 5.69. The number of rotatable bonds is 2. The molecule has 2 unspecified atom stereocenters. The highest BCUT2D eigenvalue weighted by Crippen LogP contribution is 2.30. The Morgan fingerprint density at radius 3 is 3.08 bits per heavy atom. The summed E-state index contributed by atoms with van der Waals surface area (Å²) in [4.78, 5) is 0. The van der Waals surface area contributed by atoms with E-state index in [0.29, 0.717) is 6.54 Å². The second-order valence-electron chi connectivity index (χ2n) is 3.36. The van der Waals surface area contributed by atoms with Crippen molar-refractivity contribution in [1.82, 2.24) is 14.8 Å². The highest BCUT2D eigenvalue weighted by atomic mass is 16.5. The van der Waals surface area contributed by atoms with Gasteiger partial charge in [0.1, 0.15) is 12.4 Å². The van der Waals surface area contributed by atoms with Gasteiger partial charge in [-0.05, 0) is 12.8 Å². The molecule has 0 amide bonds. The van der Waals surface area contributed by atoms with E-state index in [0.717, 1.165) is 18.7 Å². The topological polar surface area (TPSA) is 66.0 Å². The van der Waals surface area contributed by atoms with Crippen molar-refractivity contribution in [2.75, 3.05) is 6.54 Å². The zero-order valence-electron chi connectivity index (χ0n) is 7.68. The average molecular weight is 182 g/mol. The van der Waals surface area contributed by atoms with Crippen molar-refractivity contribution in [2.24, 2.45) is 12.8 Å². The minimum atomic E-state index is 0.0843. The maximum Gasteiger partial charge on any atom is 0.161 e. The summed E-state index contributed by atoms with van der Waals surface area (Å²) in [6.07, 6.45) is 3.99. The van der Waals surface area contributed by atoms with Crippen LogP contribution in [0.15, 0.2) is 6.33 Å². The fraction of sp³-hybridized carbons (Fsp3) is 0.750. The van der Waals surface area contributed by atoms with Gasteiger partial charge in [0, 0.05) is 13.6 Å². The lowest BCUT2D eigenvalue weighted by molar-refractivity contribution is 0.0431. The van der Waals surface area contributed by atoms with Crippen molar-refractivity contribution >= 4 is 0 Å². The summed E-state index contributed by atoms with van der Waals surface area (Å²) in [5.74, 6) is 0.899. The van der Waals surface area contributed by atoms with Gasteiger partial charge in [-0.1, -0.05) is 0 Å². The summed E-state index contributed by atoms with van der Waals surface area (Å²) in [7, 11) is 1.93. The van der Waals surface area contributed by atoms with Crippen molar-refractivity contribution in [2.45, 2.75) is 25.0 Å². The number of nitrogens with two attached hydrogens (primary N) is 1. The molecule has 2 rings (SSSR count). The van der Waals surface area contributed by atoms with Gasteiger partial charge in [-0.2, -0.15) is 0 Å². The minimum absolute atomic E-state index is 0.0843. The van der Waals surface area contributed by atoms with E-state index < -0.39 is 0 Å². The zero-order chi connectivity index (χ0) is 9.26. The van der Waals surface area contributed by atoms with Crippen LogP contribution in [0.4, 0.5) is 0 Å². The Labute approximate surface area is 76.9 Å². The van der Waals surface area contributed by atoms with Gasteiger partial charge in [-0.3, -0.25) is 0 Å². The predicted molar refractivity (Wildman–Crippen MR) is 46.9 cm³/mol. The molecule has 1 fully saturated rings. The molecule has 1 aliphatic heterocycles. The number of nitrogens with zero attached hydrogens (tertiary/aromatic N) is 3.